The number of aromatic nitrogens is 4. The van der Waals surface area contributed by atoms with E-state index in [1.165, 1.54) is 35.8 Å². The molecule has 9 heteroatoms. The van der Waals surface area contributed by atoms with E-state index < -0.39 is 0 Å². The Kier molecular flexibility index (Phi) is 7.21. The highest BCUT2D eigenvalue weighted by Gasteiger charge is 2.41. The first-order valence-electron chi connectivity index (χ1n) is 16.4. The number of rotatable bonds is 11. The second-order valence-corrected chi connectivity index (χ2v) is 13.8. The van der Waals surface area contributed by atoms with Crippen LogP contribution in [0.25, 0.3) is 44.4 Å². The number of fused-ring (bicyclic) bond motifs is 3. The van der Waals surface area contributed by atoms with Crippen LogP contribution in [-0.2, 0) is 16.1 Å². The van der Waals surface area contributed by atoms with E-state index in [-0.39, 0.29) is 17.9 Å². The van der Waals surface area contributed by atoms with E-state index in [1.54, 1.807) is 4.90 Å². The molecule has 3 aliphatic rings. The van der Waals surface area contributed by atoms with Crippen LogP contribution in [0.4, 0.5) is 0 Å². The summed E-state index contributed by atoms with van der Waals surface area (Å²) in [6, 6.07) is 22.7. The molecule has 8 rings (SSSR count). The Morgan fingerprint density at radius 3 is 2.33 bits per heavy atom. The molecule has 2 bridgehead atoms. The van der Waals surface area contributed by atoms with Crippen molar-refractivity contribution in [2.45, 2.75) is 57.7 Å². The van der Waals surface area contributed by atoms with Crippen LogP contribution in [0.15, 0.2) is 73.1 Å². The van der Waals surface area contributed by atoms with Crippen LogP contribution in [-0.4, -0.2) is 56.3 Å². The first kappa shape index (κ1) is 28.7. The highest BCUT2D eigenvalue weighted by molar-refractivity contribution is 5.90. The number of nitrogens with one attached hydrogen (secondary N) is 4. The van der Waals surface area contributed by atoms with Crippen LogP contribution >= 0.6 is 0 Å². The maximum atomic E-state index is 12.8. The zero-order valence-corrected chi connectivity index (χ0v) is 26.1. The summed E-state index contributed by atoms with van der Waals surface area (Å²) in [6.45, 7) is 3.22. The third kappa shape index (κ3) is 5.71. The first-order valence-corrected chi connectivity index (χ1v) is 16.4. The van der Waals surface area contributed by atoms with Crippen molar-refractivity contribution in [2.75, 3.05) is 13.1 Å². The predicted octanol–water partition coefficient (Wildman–Crippen LogP) is 5.97. The number of aromatic amines is 2. The Morgan fingerprint density at radius 2 is 1.61 bits per heavy atom. The minimum Gasteiger partial charge on any atom is -0.350 e. The predicted molar refractivity (Wildman–Crippen MR) is 178 cm³/mol. The standard InChI is InChI=1S/C37H39N7O2/c1-37(12-13-37)21-44(34(46)19-38-22-45)20-33-39-17-32(42-33)28-9-8-26-14-25(6-7-27(26)15-28)23-2-4-24(5-3-23)31-18-40-36(43-31)35-29-10-11-30(16-29)41-35/h2-9,14-15,17-18,22,29-30,35,41H,10-13,16,19-21H2,1H3,(H,38,45)(H,39,42)(H,40,43)/t29-,30+,35-/m0/s1. The van der Waals surface area contributed by atoms with E-state index in [2.05, 4.69) is 93.2 Å². The van der Waals surface area contributed by atoms with Crippen molar-refractivity contribution >= 4 is 23.1 Å². The largest absolute Gasteiger partial charge is 0.350 e. The normalized spacial score (nSPS) is 21.0. The Hall–Kier alpha value is -4.76. The van der Waals surface area contributed by atoms with Crippen LogP contribution in [0, 0.1) is 11.3 Å². The fraction of sp³-hybridized carbons (Fsp3) is 0.351. The molecular formula is C37H39N7O2. The molecule has 1 saturated heterocycles. The number of carbonyl (C=O) groups is 2. The molecule has 3 fully saturated rings. The van der Waals surface area contributed by atoms with Crippen LogP contribution < -0.4 is 10.6 Å². The number of piperidine rings is 1. The molecule has 1 aliphatic heterocycles. The molecule has 46 heavy (non-hydrogen) atoms. The van der Waals surface area contributed by atoms with Gasteiger partial charge in [-0.05, 0) is 83.0 Å². The average molecular weight is 614 g/mol. The molecule has 4 N–H and O–H groups in total. The Morgan fingerprint density at radius 1 is 0.913 bits per heavy atom. The number of carbonyl (C=O) groups excluding carboxylic acids is 2. The summed E-state index contributed by atoms with van der Waals surface area (Å²) in [7, 11) is 0. The summed E-state index contributed by atoms with van der Waals surface area (Å²) >= 11 is 0. The molecule has 2 saturated carbocycles. The molecule has 3 atom stereocenters. The fourth-order valence-corrected chi connectivity index (χ4v) is 7.31. The molecule has 5 aromatic rings. The molecule has 0 radical (unpaired) electrons. The summed E-state index contributed by atoms with van der Waals surface area (Å²) in [6.07, 6.45) is 10.4. The monoisotopic (exact) mass is 613 g/mol. The van der Waals surface area contributed by atoms with E-state index in [1.807, 2.05) is 12.4 Å². The fourth-order valence-electron chi connectivity index (χ4n) is 7.31. The lowest BCUT2D eigenvalue weighted by Crippen LogP contribution is -2.40. The van der Waals surface area contributed by atoms with Gasteiger partial charge in [0.1, 0.15) is 11.6 Å². The van der Waals surface area contributed by atoms with E-state index >= 15 is 0 Å². The number of hydrogen-bond acceptors (Lipinski definition) is 5. The molecular weight excluding hydrogens is 574 g/mol. The summed E-state index contributed by atoms with van der Waals surface area (Å²) in [5, 5.41) is 8.54. The van der Waals surface area contributed by atoms with Gasteiger partial charge in [0.15, 0.2) is 0 Å². The van der Waals surface area contributed by atoms with Crippen molar-refractivity contribution < 1.29 is 9.59 Å². The Balaban J connectivity index is 0.957. The molecule has 0 spiro atoms. The zero-order chi connectivity index (χ0) is 31.3. The van der Waals surface area contributed by atoms with Gasteiger partial charge in [0.25, 0.3) is 0 Å². The second kappa shape index (κ2) is 11.6. The van der Waals surface area contributed by atoms with E-state index in [9.17, 15) is 9.59 Å². The maximum absolute atomic E-state index is 12.8. The molecule has 2 amide bonds. The third-order valence-electron chi connectivity index (χ3n) is 10.3. The molecule has 3 aromatic carbocycles. The quantitative estimate of drug-likeness (QED) is 0.137. The molecule has 0 unspecified atom stereocenters. The van der Waals surface area contributed by atoms with Crippen LogP contribution in [0.1, 0.15) is 56.7 Å². The van der Waals surface area contributed by atoms with Gasteiger partial charge < -0.3 is 25.5 Å². The van der Waals surface area contributed by atoms with Gasteiger partial charge in [-0.3, -0.25) is 9.59 Å². The van der Waals surface area contributed by atoms with Gasteiger partial charge in [0.2, 0.25) is 12.3 Å². The Bertz CT molecular complexity index is 1900. The maximum Gasteiger partial charge on any atom is 0.242 e. The molecule has 2 aliphatic carbocycles. The number of nitrogens with zero attached hydrogens (tertiary/aromatic N) is 3. The van der Waals surface area contributed by atoms with Crippen molar-refractivity contribution in [1.82, 2.24) is 35.5 Å². The SMILES string of the molecule is CC1(CN(Cc2ncc(-c3ccc4cc(-c5ccc(-c6cnc([C@H]7N[C@@H]8CC[C@H]7C8)[nH]6)cc5)ccc4c3)[nH]2)C(=O)CNC=O)CC1. The van der Waals surface area contributed by atoms with Crippen molar-refractivity contribution in [3.63, 3.8) is 0 Å². The van der Waals surface area contributed by atoms with Gasteiger partial charge in [0.05, 0.1) is 42.9 Å². The van der Waals surface area contributed by atoms with Crippen LogP contribution in [0.2, 0.25) is 0 Å². The third-order valence-corrected chi connectivity index (χ3v) is 10.3. The Labute approximate surface area is 268 Å². The number of imidazole rings is 2. The molecule has 3 heterocycles. The summed E-state index contributed by atoms with van der Waals surface area (Å²) in [4.78, 5) is 41.6. The highest BCUT2D eigenvalue weighted by Crippen LogP contribution is 2.46. The van der Waals surface area contributed by atoms with Gasteiger partial charge in [-0.1, -0.05) is 55.5 Å². The van der Waals surface area contributed by atoms with Gasteiger partial charge >= 0.3 is 0 Å². The lowest BCUT2D eigenvalue weighted by atomic mass is 9.98. The second-order valence-electron chi connectivity index (χ2n) is 13.8. The van der Waals surface area contributed by atoms with Gasteiger partial charge in [-0.15, -0.1) is 0 Å². The lowest BCUT2D eigenvalue weighted by Gasteiger charge is -2.25. The van der Waals surface area contributed by atoms with Crippen LogP contribution in [0.5, 0.6) is 0 Å². The van der Waals surface area contributed by atoms with Crippen molar-refractivity contribution in [3.8, 4) is 33.6 Å². The van der Waals surface area contributed by atoms with Gasteiger partial charge in [0, 0.05) is 18.2 Å². The first-order chi connectivity index (χ1) is 22.4. The van der Waals surface area contributed by atoms with Crippen LogP contribution in [0.3, 0.4) is 0 Å². The van der Waals surface area contributed by atoms with Gasteiger partial charge in [-0.2, -0.15) is 0 Å². The zero-order valence-electron chi connectivity index (χ0n) is 26.1. The summed E-state index contributed by atoms with van der Waals surface area (Å²) in [5.74, 6) is 2.40. The molecule has 9 nitrogen and oxygen atoms in total. The van der Waals surface area contributed by atoms with Crippen molar-refractivity contribution in [1.29, 1.82) is 0 Å². The number of benzene rings is 3. The minimum atomic E-state index is -0.104. The minimum absolute atomic E-state index is 0.00594. The number of amides is 2. The highest BCUT2D eigenvalue weighted by atomic mass is 16.2. The van der Waals surface area contributed by atoms with E-state index in [0.29, 0.717) is 37.5 Å². The lowest BCUT2D eigenvalue weighted by molar-refractivity contribution is -0.132. The average Bonchev–Trinajstić information content (AvgIpc) is 3.65. The number of hydrogen-bond donors (Lipinski definition) is 4. The smallest absolute Gasteiger partial charge is 0.242 e. The molecule has 2 aromatic heterocycles. The summed E-state index contributed by atoms with van der Waals surface area (Å²) < 4.78 is 0. The van der Waals surface area contributed by atoms with E-state index in [0.717, 1.165) is 52.4 Å². The summed E-state index contributed by atoms with van der Waals surface area (Å²) in [5.41, 5.74) is 6.65. The number of H-pyrrole nitrogens is 2. The molecule has 234 valence electrons. The van der Waals surface area contributed by atoms with Crippen molar-refractivity contribution in [2.24, 2.45) is 11.3 Å². The van der Waals surface area contributed by atoms with Crippen molar-refractivity contribution in [3.05, 3.63) is 84.7 Å². The van der Waals surface area contributed by atoms with Gasteiger partial charge in [-0.25, -0.2) is 9.97 Å². The topological polar surface area (TPSA) is 119 Å². The van der Waals surface area contributed by atoms with E-state index in [4.69, 9.17) is 4.98 Å².